The highest BCUT2D eigenvalue weighted by molar-refractivity contribution is 6.42. The fraction of sp³-hybridized carbons (Fsp3) is 0. The van der Waals surface area contributed by atoms with Gasteiger partial charge in [-0.3, -0.25) is 0 Å². The minimum Gasteiger partial charge on any atom is -0.541 e. The summed E-state index contributed by atoms with van der Waals surface area (Å²) in [5, 5.41) is 5.87. The number of rotatable bonds is 1. The van der Waals surface area contributed by atoms with Gasteiger partial charge in [0.05, 0.1) is 10.0 Å². The van der Waals surface area contributed by atoms with Gasteiger partial charge in [0.15, 0.2) is 0 Å². The van der Waals surface area contributed by atoms with Crippen molar-refractivity contribution in [2.45, 2.75) is 0 Å². The Morgan fingerprint density at radius 3 is 2.71 bits per heavy atom. The van der Waals surface area contributed by atoms with Gasteiger partial charge in [0.25, 0.3) is 6.02 Å². The van der Waals surface area contributed by atoms with Crippen molar-refractivity contribution >= 4 is 34.9 Å². The van der Waals surface area contributed by atoms with E-state index in [4.69, 9.17) is 28.9 Å². The Labute approximate surface area is 89.9 Å². The summed E-state index contributed by atoms with van der Waals surface area (Å²) in [5.41, 5.74) is 9.45. The quantitative estimate of drug-likeness (QED) is 0.807. The summed E-state index contributed by atoms with van der Waals surface area (Å²) in [6.07, 6.45) is 0. The molecule has 1 aliphatic heterocycles. The molecule has 1 aliphatic rings. The average Bonchev–Trinajstić information content (AvgIpc) is 2.57. The predicted octanol–water partition coefficient (Wildman–Crippen LogP) is 2.26. The number of hydrogen-bond donors (Lipinski definition) is 1. The molecule has 0 radical (unpaired) electrons. The minimum atomic E-state index is -0.0175. The highest BCUT2D eigenvalue weighted by atomic mass is 35.5. The molecule has 0 amide bonds. The van der Waals surface area contributed by atoms with Crippen molar-refractivity contribution in [1.29, 1.82) is 0 Å². The molecule has 0 aliphatic carbocycles. The molecular formula is C7H5Cl2N4O-. The van der Waals surface area contributed by atoms with Gasteiger partial charge in [0.1, 0.15) is 0 Å². The van der Waals surface area contributed by atoms with Crippen molar-refractivity contribution < 1.29 is 4.84 Å². The van der Waals surface area contributed by atoms with E-state index < -0.39 is 0 Å². The molecule has 2 rings (SSSR count). The third-order valence-corrected chi connectivity index (χ3v) is 2.28. The first-order valence-electron chi connectivity index (χ1n) is 3.64. The third kappa shape index (κ3) is 1.70. The lowest BCUT2D eigenvalue weighted by atomic mass is 10.3. The average molecular weight is 232 g/mol. The Balaban J connectivity index is 2.29. The Morgan fingerprint density at radius 2 is 2.14 bits per heavy atom. The maximum atomic E-state index is 5.81. The van der Waals surface area contributed by atoms with Crippen LogP contribution in [0.25, 0.3) is 5.59 Å². The normalized spacial score (nSPS) is 15.3. The van der Waals surface area contributed by atoms with E-state index in [1.165, 1.54) is 5.12 Å². The van der Waals surface area contributed by atoms with Crippen LogP contribution in [-0.2, 0) is 4.84 Å². The molecule has 14 heavy (non-hydrogen) atoms. The van der Waals surface area contributed by atoms with Crippen molar-refractivity contribution in [3.63, 3.8) is 0 Å². The molecule has 0 atom stereocenters. The number of nitrogens with zero attached hydrogens (tertiary/aromatic N) is 3. The fourth-order valence-corrected chi connectivity index (χ4v) is 1.22. The highest BCUT2D eigenvalue weighted by Crippen LogP contribution is 2.29. The van der Waals surface area contributed by atoms with Crippen LogP contribution in [0, 0.1) is 0 Å². The maximum absolute atomic E-state index is 5.81. The lowest BCUT2D eigenvalue weighted by molar-refractivity contribution is 0.429. The van der Waals surface area contributed by atoms with Crippen LogP contribution in [0.5, 0.6) is 0 Å². The first kappa shape index (κ1) is 9.39. The summed E-state index contributed by atoms with van der Waals surface area (Å²) in [7, 11) is 0. The van der Waals surface area contributed by atoms with E-state index in [0.29, 0.717) is 15.7 Å². The fourth-order valence-electron chi connectivity index (χ4n) is 0.925. The van der Waals surface area contributed by atoms with E-state index in [-0.39, 0.29) is 6.02 Å². The van der Waals surface area contributed by atoms with Crippen LogP contribution >= 0.6 is 23.2 Å². The number of halogens is 2. The van der Waals surface area contributed by atoms with Crippen LogP contribution in [-0.4, -0.2) is 6.02 Å². The summed E-state index contributed by atoms with van der Waals surface area (Å²) in [6.45, 7) is 0. The second-order valence-corrected chi connectivity index (χ2v) is 3.31. The van der Waals surface area contributed by atoms with E-state index in [2.05, 4.69) is 15.5 Å². The number of hydrogen-bond acceptors (Lipinski definition) is 4. The standard InChI is InChI=1S/C7H5Cl2N4O/c8-5-2-1-4(3-6(5)9)13-11-7(10)14-12-13/h1-3H,(H2,10,11)/q-1. The molecule has 2 N–H and O–H groups in total. The van der Waals surface area contributed by atoms with Crippen molar-refractivity contribution in [3.05, 3.63) is 33.8 Å². The number of hydrazone groups is 1. The number of anilines is 1. The molecule has 0 saturated carbocycles. The molecule has 0 unspecified atom stereocenters. The van der Waals surface area contributed by atoms with Gasteiger partial charge < -0.3 is 21.3 Å². The smallest absolute Gasteiger partial charge is 0.288 e. The molecule has 7 heteroatoms. The first-order chi connectivity index (χ1) is 6.66. The summed E-state index contributed by atoms with van der Waals surface area (Å²) in [6, 6.07) is 4.93. The Hall–Kier alpha value is -1.17. The van der Waals surface area contributed by atoms with Crippen LogP contribution < -0.4 is 10.9 Å². The van der Waals surface area contributed by atoms with Gasteiger partial charge >= 0.3 is 0 Å². The third-order valence-electron chi connectivity index (χ3n) is 1.54. The lowest BCUT2D eigenvalue weighted by Gasteiger charge is -2.24. The molecule has 1 heterocycles. The van der Waals surface area contributed by atoms with E-state index in [9.17, 15) is 0 Å². The van der Waals surface area contributed by atoms with Gasteiger partial charge in [-0.25, -0.2) is 0 Å². The summed E-state index contributed by atoms with van der Waals surface area (Å²) in [4.78, 5) is 4.59. The van der Waals surface area contributed by atoms with Gasteiger partial charge in [-0.1, -0.05) is 23.2 Å². The Morgan fingerprint density at radius 1 is 1.36 bits per heavy atom. The van der Waals surface area contributed by atoms with Crippen LogP contribution in [0.15, 0.2) is 23.3 Å². The summed E-state index contributed by atoms with van der Waals surface area (Å²) >= 11 is 11.6. The van der Waals surface area contributed by atoms with Crippen LogP contribution in [0.3, 0.4) is 0 Å². The van der Waals surface area contributed by atoms with Crippen LogP contribution in [0.1, 0.15) is 0 Å². The zero-order chi connectivity index (χ0) is 10.1. The van der Waals surface area contributed by atoms with Crippen molar-refractivity contribution in [3.8, 4) is 0 Å². The number of amidine groups is 1. The van der Waals surface area contributed by atoms with E-state index in [1.54, 1.807) is 18.2 Å². The zero-order valence-electron chi connectivity index (χ0n) is 6.82. The predicted molar refractivity (Wildman–Crippen MR) is 55.0 cm³/mol. The topological polar surface area (TPSA) is 65.0 Å². The minimum absolute atomic E-state index is 0.0175. The van der Waals surface area contributed by atoms with E-state index >= 15 is 0 Å². The second kappa shape index (κ2) is 3.53. The second-order valence-electron chi connectivity index (χ2n) is 2.50. The zero-order valence-corrected chi connectivity index (χ0v) is 8.33. The van der Waals surface area contributed by atoms with Crippen LogP contribution in [0.4, 0.5) is 5.69 Å². The monoisotopic (exact) mass is 231 g/mol. The van der Waals surface area contributed by atoms with Gasteiger partial charge in [0, 0.05) is 5.69 Å². The summed E-state index contributed by atoms with van der Waals surface area (Å²) in [5.74, 6) is 0. The molecule has 0 saturated heterocycles. The molecule has 1 aromatic carbocycles. The lowest BCUT2D eigenvalue weighted by Crippen LogP contribution is -2.08. The van der Waals surface area contributed by atoms with Crippen molar-refractivity contribution in [1.82, 2.24) is 0 Å². The molecule has 0 aromatic heterocycles. The van der Waals surface area contributed by atoms with Gasteiger partial charge in [-0.15, -0.1) is 5.10 Å². The molecule has 0 bridgehead atoms. The van der Waals surface area contributed by atoms with Crippen molar-refractivity contribution in [2.75, 3.05) is 5.12 Å². The van der Waals surface area contributed by atoms with Gasteiger partial charge in [-0.2, -0.15) is 0 Å². The Kier molecular flexibility index (Phi) is 2.37. The molecular weight excluding hydrogens is 227 g/mol. The van der Waals surface area contributed by atoms with Gasteiger partial charge in [-0.05, 0) is 18.2 Å². The maximum Gasteiger partial charge on any atom is 0.288 e. The van der Waals surface area contributed by atoms with E-state index in [1.807, 2.05) is 0 Å². The summed E-state index contributed by atoms with van der Waals surface area (Å²) < 4.78 is 0. The van der Waals surface area contributed by atoms with Gasteiger partial charge in [0.2, 0.25) is 0 Å². The van der Waals surface area contributed by atoms with E-state index in [0.717, 1.165) is 0 Å². The number of nitrogens with two attached hydrogens (primary N) is 1. The Bertz CT molecular complexity index is 395. The first-order valence-corrected chi connectivity index (χ1v) is 4.39. The molecule has 5 nitrogen and oxygen atoms in total. The molecule has 0 fully saturated rings. The number of benzene rings is 1. The van der Waals surface area contributed by atoms with Crippen LogP contribution in [0.2, 0.25) is 10.0 Å². The molecule has 74 valence electrons. The molecule has 1 aromatic rings. The SMILES string of the molecule is NC1=NN(c2ccc(Cl)c(Cl)c2)[N-]O1. The molecule has 0 spiro atoms. The largest absolute Gasteiger partial charge is 0.541 e. The van der Waals surface area contributed by atoms with Crippen molar-refractivity contribution in [2.24, 2.45) is 10.8 Å². The highest BCUT2D eigenvalue weighted by Gasteiger charge is 2.06.